The van der Waals surface area contributed by atoms with Gasteiger partial charge in [-0.3, -0.25) is 0 Å². The van der Waals surface area contributed by atoms with Crippen LogP contribution in [0.1, 0.15) is 25.8 Å². The molecule has 1 fully saturated rings. The summed E-state index contributed by atoms with van der Waals surface area (Å²) in [4.78, 5) is 3.33. The number of quaternary nitrogens is 2. The molecule has 0 aliphatic carbocycles. The number of rotatable bonds is 4. The van der Waals surface area contributed by atoms with Crippen LogP contribution in [-0.4, -0.2) is 32.2 Å². The summed E-state index contributed by atoms with van der Waals surface area (Å²) < 4.78 is 13.1. The lowest BCUT2D eigenvalue weighted by molar-refractivity contribution is -1.03. The third-order valence-electron chi connectivity index (χ3n) is 4.25. The number of hydrogen-bond donors (Lipinski definition) is 2. The summed E-state index contributed by atoms with van der Waals surface area (Å²) in [6, 6.07) is 7.81. The first-order chi connectivity index (χ1) is 8.69. The number of hydrogen-bond acceptors (Lipinski definition) is 0. The van der Waals surface area contributed by atoms with E-state index in [2.05, 4.69) is 13.8 Å². The van der Waals surface area contributed by atoms with Crippen LogP contribution >= 0.6 is 0 Å². The van der Waals surface area contributed by atoms with Gasteiger partial charge in [0.2, 0.25) is 0 Å². The molecule has 1 aliphatic heterocycles. The van der Waals surface area contributed by atoms with Crippen molar-refractivity contribution in [2.24, 2.45) is 0 Å². The van der Waals surface area contributed by atoms with E-state index < -0.39 is 0 Å². The zero-order chi connectivity index (χ0) is 13.0. The van der Waals surface area contributed by atoms with Gasteiger partial charge in [-0.25, -0.2) is 4.39 Å². The van der Waals surface area contributed by atoms with E-state index in [1.807, 2.05) is 12.1 Å². The minimum Gasteiger partial charge on any atom is -0.323 e. The molecule has 2 rings (SSSR count). The predicted octanol–water partition coefficient (Wildman–Crippen LogP) is -0.0924. The highest BCUT2D eigenvalue weighted by molar-refractivity contribution is 5.14. The van der Waals surface area contributed by atoms with E-state index in [0.717, 1.165) is 18.2 Å². The third-order valence-corrected chi connectivity index (χ3v) is 4.25. The molecule has 3 heteroatoms. The molecule has 0 radical (unpaired) electrons. The van der Waals surface area contributed by atoms with Crippen molar-refractivity contribution >= 4 is 0 Å². The molecule has 1 saturated heterocycles. The van der Waals surface area contributed by atoms with Crippen LogP contribution in [0, 0.1) is 5.82 Å². The molecule has 0 saturated carbocycles. The first-order valence-electron chi connectivity index (χ1n) is 7.11. The minimum atomic E-state index is -0.115. The zero-order valence-corrected chi connectivity index (χ0v) is 11.5. The highest BCUT2D eigenvalue weighted by atomic mass is 19.1. The van der Waals surface area contributed by atoms with Crippen LogP contribution in [0.5, 0.6) is 0 Å². The molecular weight excluding hydrogens is 227 g/mol. The Morgan fingerprint density at radius 1 is 1.22 bits per heavy atom. The van der Waals surface area contributed by atoms with Crippen molar-refractivity contribution in [1.29, 1.82) is 0 Å². The van der Waals surface area contributed by atoms with Crippen molar-refractivity contribution in [2.75, 3.05) is 26.2 Å². The summed E-state index contributed by atoms with van der Waals surface area (Å²) in [7, 11) is 0. The van der Waals surface area contributed by atoms with Gasteiger partial charge in [0.1, 0.15) is 38.5 Å². The fourth-order valence-electron chi connectivity index (χ4n) is 2.82. The molecule has 0 bridgehead atoms. The molecule has 1 aromatic rings. The maximum Gasteiger partial charge on any atom is 0.127 e. The first-order valence-corrected chi connectivity index (χ1v) is 7.11. The standard InChI is InChI=1S/C15H23FN2/c1-3-13(2)18-9-7-17(8-10-18)12-14-5-4-6-15(16)11-14/h4-6,11,13H,3,7-10,12H2,1-2H3/p+2/t13-/m1/s1. The van der Waals surface area contributed by atoms with E-state index in [-0.39, 0.29) is 5.82 Å². The summed E-state index contributed by atoms with van der Waals surface area (Å²) in [5.74, 6) is -0.115. The van der Waals surface area contributed by atoms with Crippen LogP contribution in [0.4, 0.5) is 4.39 Å². The maximum atomic E-state index is 13.1. The summed E-state index contributed by atoms with van der Waals surface area (Å²) >= 11 is 0. The average Bonchev–Trinajstić information content (AvgIpc) is 2.39. The van der Waals surface area contributed by atoms with E-state index in [0.29, 0.717) is 0 Å². The normalized spacial score (nSPS) is 25.9. The molecular formula is C15H25FN2+2. The topological polar surface area (TPSA) is 8.88 Å². The Labute approximate surface area is 109 Å². The molecule has 1 aliphatic rings. The van der Waals surface area contributed by atoms with Crippen LogP contribution < -0.4 is 9.80 Å². The van der Waals surface area contributed by atoms with Crippen LogP contribution in [0.15, 0.2) is 24.3 Å². The maximum absolute atomic E-state index is 13.1. The predicted molar refractivity (Wildman–Crippen MR) is 71.3 cm³/mol. The largest absolute Gasteiger partial charge is 0.323 e. The lowest BCUT2D eigenvalue weighted by Gasteiger charge is -2.33. The molecule has 2 N–H and O–H groups in total. The second-order valence-corrected chi connectivity index (χ2v) is 5.52. The quantitative estimate of drug-likeness (QED) is 0.741. The Morgan fingerprint density at radius 2 is 1.94 bits per heavy atom. The van der Waals surface area contributed by atoms with Crippen molar-refractivity contribution in [2.45, 2.75) is 32.9 Å². The van der Waals surface area contributed by atoms with E-state index >= 15 is 0 Å². The van der Waals surface area contributed by atoms with Crippen molar-refractivity contribution in [3.8, 4) is 0 Å². The first kappa shape index (κ1) is 13.5. The van der Waals surface area contributed by atoms with E-state index in [9.17, 15) is 4.39 Å². The fourth-order valence-corrected chi connectivity index (χ4v) is 2.82. The Balaban J connectivity index is 1.83. The summed E-state index contributed by atoms with van der Waals surface area (Å²) in [5.41, 5.74) is 1.12. The van der Waals surface area contributed by atoms with Crippen LogP contribution in [0.25, 0.3) is 0 Å². The van der Waals surface area contributed by atoms with Crippen molar-refractivity contribution in [3.63, 3.8) is 0 Å². The summed E-state index contributed by atoms with van der Waals surface area (Å²) in [6.45, 7) is 10.5. The van der Waals surface area contributed by atoms with Gasteiger partial charge in [0.05, 0.1) is 6.04 Å². The molecule has 1 aromatic carbocycles. The van der Waals surface area contributed by atoms with Gasteiger partial charge in [-0.15, -0.1) is 0 Å². The molecule has 0 spiro atoms. The SMILES string of the molecule is CC[C@@H](C)[NH+]1CC[NH+](Cc2cccc(F)c2)CC1. The lowest BCUT2D eigenvalue weighted by Crippen LogP contribution is -3.29. The molecule has 18 heavy (non-hydrogen) atoms. The Morgan fingerprint density at radius 3 is 2.56 bits per heavy atom. The van der Waals surface area contributed by atoms with Gasteiger partial charge in [-0.1, -0.05) is 19.1 Å². The molecule has 0 amide bonds. The monoisotopic (exact) mass is 252 g/mol. The van der Waals surface area contributed by atoms with Gasteiger partial charge in [0.15, 0.2) is 0 Å². The number of piperazine rings is 1. The van der Waals surface area contributed by atoms with Gasteiger partial charge in [0.25, 0.3) is 0 Å². The van der Waals surface area contributed by atoms with Gasteiger partial charge < -0.3 is 9.80 Å². The third kappa shape index (κ3) is 3.53. The van der Waals surface area contributed by atoms with Crippen LogP contribution in [-0.2, 0) is 6.54 Å². The number of nitrogens with one attached hydrogen (secondary N) is 2. The Kier molecular flexibility index (Phi) is 4.72. The molecule has 1 heterocycles. The molecule has 2 nitrogen and oxygen atoms in total. The summed E-state index contributed by atoms with van der Waals surface area (Å²) in [6.07, 6.45) is 1.26. The van der Waals surface area contributed by atoms with Gasteiger partial charge >= 0.3 is 0 Å². The average molecular weight is 252 g/mol. The minimum absolute atomic E-state index is 0.115. The van der Waals surface area contributed by atoms with Crippen molar-refractivity contribution in [3.05, 3.63) is 35.6 Å². The molecule has 0 unspecified atom stereocenters. The molecule has 0 aromatic heterocycles. The van der Waals surface area contributed by atoms with Gasteiger partial charge in [-0.2, -0.15) is 0 Å². The van der Waals surface area contributed by atoms with Crippen LogP contribution in [0.3, 0.4) is 0 Å². The number of benzene rings is 1. The Hall–Kier alpha value is -0.930. The van der Waals surface area contributed by atoms with E-state index in [1.165, 1.54) is 38.7 Å². The zero-order valence-electron chi connectivity index (χ0n) is 11.5. The second kappa shape index (κ2) is 6.30. The molecule has 1 atom stereocenters. The van der Waals surface area contributed by atoms with Gasteiger partial charge in [0, 0.05) is 5.56 Å². The number of halogens is 1. The second-order valence-electron chi connectivity index (χ2n) is 5.52. The van der Waals surface area contributed by atoms with Gasteiger partial charge in [-0.05, 0) is 25.5 Å². The highest BCUT2D eigenvalue weighted by Gasteiger charge is 2.25. The lowest BCUT2D eigenvalue weighted by atomic mass is 10.1. The Bertz CT molecular complexity index is 373. The smallest absolute Gasteiger partial charge is 0.127 e. The van der Waals surface area contributed by atoms with Crippen molar-refractivity contribution < 1.29 is 14.2 Å². The van der Waals surface area contributed by atoms with Crippen molar-refractivity contribution in [1.82, 2.24) is 0 Å². The fraction of sp³-hybridized carbons (Fsp3) is 0.600. The summed E-state index contributed by atoms with van der Waals surface area (Å²) in [5, 5.41) is 0. The van der Waals surface area contributed by atoms with Crippen LogP contribution in [0.2, 0.25) is 0 Å². The highest BCUT2D eigenvalue weighted by Crippen LogP contribution is 2.01. The molecule has 100 valence electrons. The van der Waals surface area contributed by atoms with E-state index in [1.54, 1.807) is 15.9 Å². The van der Waals surface area contributed by atoms with E-state index in [4.69, 9.17) is 0 Å².